The predicted octanol–water partition coefficient (Wildman–Crippen LogP) is 4.39. The summed E-state index contributed by atoms with van der Waals surface area (Å²) in [5.74, 6) is -0.341. The molecule has 3 rings (SSSR count). The molecule has 1 aliphatic heterocycles. The van der Waals surface area contributed by atoms with Gasteiger partial charge in [0.1, 0.15) is 0 Å². The number of hydrogen-bond acceptors (Lipinski definition) is 3. The monoisotopic (exact) mass is 334 g/mol. The summed E-state index contributed by atoms with van der Waals surface area (Å²) in [6.07, 6.45) is 1.46. The molecule has 1 N–H and O–H groups in total. The van der Waals surface area contributed by atoms with Crippen LogP contribution in [0.4, 0.5) is 11.4 Å². The molecule has 1 amide bonds. The number of amides is 1. The third-order valence-electron chi connectivity index (χ3n) is 3.25. The Morgan fingerprint density at radius 1 is 1.09 bits per heavy atom. The zero-order valence-electron chi connectivity index (χ0n) is 11.0. The number of nitro groups is 1. The molecule has 0 saturated heterocycles. The van der Waals surface area contributed by atoms with Crippen LogP contribution < -0.4 is 5.32 Å². The minimum absolute atomic E-state index is 0.118. The lowest BCUT2D eigenvalue weighted by molar-refractivity contribution is -0.385. The number of nitro benzene ring substituents is 1. The lowest BCUT2D eigenvalue weighted by atomic mass is 10.0. The van der Waals surface area contributed by atoms with Gasteiger partial charge in [-0.2, -0.15) is 0 Å². The van der Waals surface area contributed by atoms with E-state index in [4.69, 9.17) is 23.2 Å². The molecule has 2 aromatic carbocycles. The molecule has 0 fully saturated rings. The average Bonchev–Trinajstić information content (AvgIpc) is 2.74. The van der Waals surface area contributed by atoms with Crippen molar-refractivity contribution >= 4 is 52.1 Å². The summed E-state index contributed by atoms with van der Waals surface area (Å²) in [6.45, 7) is 0. The van der Waals surface area contributed by atoms with E-state index < -0.39 is 4.92 Å². The molecule has 2 aromatic rings. The summed E-state index contributed by atoms with van der Waals surface area (Å²) in [7, 11) is 0. The minimum atomic E-state index is -0.516. The first kappa shape index (κ1) is 14.6. The Kier molecular flexibility index (Phi) is 3.60. The van der Waals surface area contributed by atoms with Gasteiger partial charge in [-0.3, -0.25) is 14.9 Å². The topological polar surface area (TPSA) is 72.2 Å². The molecule has 22 heavy (non-hydrogen) atoms. The number of nitrogens with one attached hydrogen (secondary N) is 1. The van der Waals surface area contributed by atoms with E-state index in [1.807, 2.05) is 0 Å². The van der Waals surface area contributed by atoms with E-state index in [0.29, 0.717) is 26.9 Å². The van der Waals surface area contributed by atoms with Crippen LogP contribution in [-0.4, -0.2) is 10.8 Å². The number of carbonyl (C=O) groups is 1. The number of halogens is 2. The van der Waals surface area contributed by atoms with Crippen LogP contribution in [0.2, 0.25) is 10.0 Å². The Labute approximate surface area is 135 Å². The first-order valence-electron chi connectivity index (χ1n) is 6.22. The van der Waals surface area contributed by atoms with Crippen LogP contribution in [0.25, 0.3) is 11.6 Å². The highest BCUT2D eigenvalue weighted by molar-refractivity contribution is 6.37. The lowest BCUT2D eigenvalue weighted by Gasteiger charge is -2.01. The lowest BCUT2D eigenvalue weighted by Crippen LogP contribution is -2.03. The second-order valence-electron chi connectivity index (χ2n) is 4.66. The van der Waals surface area contributed by atoms with E-state index in [9.17, 15) is 14.9 Å². The van der Waals surface area contributed by atoms with Crippen molar-refractivity contribution in [1.82, 2.24) is 0 Å². The van der Waals surface area contributed by atoms with E-state index in [2.05, 4.69) is 5.32 Å². The van der Waals surface area contributed by atoms with E-state index in [1.165, 1.54) is 24.3 Å². The maximum absolute atomic E-state index is 12.1. The number of rotatable bonds is 2. The van der Waals surface area contributed by atoms with E-state index >= 15 is 0 Å². The molecule has 0 bridgehead atoms. The van der Waals surface area contributed by atoms with Gasteiger partial charge in [-0.1, -0.05) is 29.3 Å². The largest absolute Gasteiger partial charge is 0.321 e. The Bertz CT molecular complexity index is 847. The number of fused-ring (bicyclic) bond motifs is 1. The zero-order valence-corrected chi connectivity index (χ0v) is 12.5. The molecule has 7 heteroatoms. The fourth-order valence-corrected chi connectivity index (χ4v) is 2.63. The summed E-state index contributed by atoms with van der Waals surface area (Å²) >= 11 is 11.8. The summed E-state index contributed by atoms with van der Waals surface area (Å²) in [4.78, 5) is 22.7. The maximum Gasteiger partial charge on any atom is 0.276 e. The van der Waals surface area contributed by atoms with Crippen LogP contribution >= 0.6 is 23.2 Å². The standard InChI is InChI=1S/C15H8Cl2N2O3/c16-9-2-4-14(19(21)22)8(5-9)6-12-11-3-1-10(17)7-13(11)18-15(12)20/h1-7H,(H,18,20)/b12-6-. The Balaban J connectivity index is 2.16. The molecule has 0 spiro atoms. The van der Waals surface area contributed by atoms with Crippen LogP contribution in [0.5, 0.6) is 0 Å². The Morgan fingerprint density at radius 2 is 1.77 bits per heavy atom. The van der Waals surface area contributed by atoms with Gasteiger partial charge in [0.2, 0.25) is 0 Å². The van der Waals surface area contributed by atoms with Gasteiger partial charge in [0.05, 0.1) is 16.2 Å². The zero-order chi connectivity index (χ0) is 15.9. The third-order valence-corrected chi connectivity index (χ3v) is 3.72. The van der Waals surface area contributed by atoms with Crippen LogP contribution in [-0.2, 0) is 4.79 Å². The van der Waals surface area contributed by atoms with Crippen LogP contribution in [0.3, 0.4) is 0 Å². The van der Waals surface area contributed by atoms with Crippen molar-refractivity contribution in [1.29, 1.82) is 0 Å². The quantitative estimate of drug-likeness (QED) is 0.502. The van der Waals surface area contributed by atoms with Gasteiger partial charge in [0, 0.05) is 27.2 Å². The number of anilines is 1. The Hall–Kier alpha value is -2.37. The van der Waals surface area contributed by atoms with E-state index in [-0.39, 0.29) is 17.2 Å². The molecule has 1 heterocycles. The Morgan fingerprint density at radius 3 is 2.50 bits per heavy atom. The number of nitrogens with zero attached hydrogens (tertiary/aromatic N) is 1. The molecular weight excluding hydrogens is 327 g/mol. The molecule has 0 aliphatic carbocycles. The van der Waals surface area contributed by atoms with Gasteiger partial charge in [0.15, 0.2) is 0 Å². The fraction of sp³-hybridized carbons (Fsp3) is 0. The van der Waals surface area contributed by atoms with Gasteiger partial charge in [-0.15, -0.1) is 0 Å². The number of hydrogen-bond donors (Lipinski definition) is 1. The molecule has 0 atom stereocenters. The highest BCUT2D eigenvalue weighted by atomic mass is 35.5. The van der Waals surface area contributed by atoms with Crippen molar-refractivity contribution in [3.8, 4) is 0 Å². The SMILES string of the molecule is O=C1Nc2cc(Cl)ccc2/C1=C/c1cc(Cl)ccc1[N+](=O)[O-]. The molecule has 1 aliphatic rings. The van der Waals surface area contributed by atoms with Crippen LogP contribution in [0.1, 0.15) is 11.1 Å². The second kappa shape index (κ2) is 5.44. The van der Waals surface area contributed by atoms with Gasteiger partial charge in [-0.25, -0.2) is 0 Å². The van der Waals surface area contributed by atoms with Crippen molar-refractivity contribution in [3.05, 3.63) is 67.7 Å². The van der Waals surface area contributed by atoms with Crippen LogP contribution in [0, 0.1) is 10.1 Å². The maximum atomic E-state index is 12.1. The van der Waals surface area contributed by atoms with Crippen molar-refractivity contribution in [2.24, 2.45) is 0 Å². The summed E-state index contributed by atoms with van der Waals surface area (Å²) in [5, 5.41) is 14.6. The van der Waals surface area contributed by atoms with Gasteiger partial charge in [0.25, 0.3) is 11.6 Å². The number of benzene rings is 2. The summed E-state index contributed by atoms with van der Waals surface area (Å²) in [6, 6.07) is 9.17. The van der Waals surface area contributed by atoms with Gasteiger partial charge < -0.3 is 5.32 Å². The highest BCUT2D eigenvalue weighted by Crippen LogP contribution is 2.36. The highest BCUT2D eigenvalue weighted by Gasteiger charge is 2.25. The summed E-state index contributed by atoms with van der Waals surface area (Å²) in [5.41, 5.74) is 1.70. The van der Waals surface area contributed by atoms with Crippen LogP contribution in [0.15, 0.2) is 36.4 Å². The van der Waals surface area contributed by atoms with Crippen molar-refractivity contribution in [3.63, 3.8) is 0 Å². The molecular formula is C15H8Cl2N2O3. The first-order valence-corrected chi connectivity index (χ1v) is 6.98. The number of carbonyl (C=O) groups excluding carboxylic acids is 1. The molecule has 0 aromatic heterocycles. The molecule has 5 nitrogen and oxygen atoms in total. The molecule has 0 unspecified atom stereocenters. The van der Waals surface area contributed by atoms with Crippen molar-refractivity contribution < 1.29 is 9.72 Å². The van der Waals surface area contributed by atoms with Crippen molar-refractivity contribution in [2.75, 3.05) is 5.32 Å². The molecule has 0 radical (unpaired) electrons. The second-order valence-corrected chi connectivity index (χ2v) is 5.54. The predicted molar refractivity (Wildman–Crippen MR) is 86.1 cm³/mol. The summed E-state index contributed by atoms with van der Waals surface area (Å²) < 4.78 is 0. The van der Waals surface area contributed by atoms with Gasteiger partial charge >= 0.3 is 0 Å². The smallest absolute Gasteiger partial charge is 0.276 e. The molecule has 110 valence electrons. The average molecular weight is 335 g/mol. The van der Waals surface area contributed by atoms with E-state index in [1.54, 1.807) is 18.2 Å². The van der Waals surface area contributed by atoms with E-state index in [0.717, 1.165) is 0 Å². The first-order chi connectivity index (χ1) is 10.5. The molecule has 0 saturated carbocycles. The minimum Gasteiger partial charge on any atom is -0.321 e. The normalized spacial score (nSPS) is 14.8. The van der Waals surface area contributed by atoms with Crippen molar-refractivity contribution in [2.45, 2.75) is 0 Å². The van der Waals surface area contributed by atoms with Gasteiger partial charge in [-0.05, 0) is 30.3 Å². The third kappa shape index (κ3) is 2.56. The fourth-order valence-electron chi connectivity index (χ4n) is 2.27.